The van der Waals surface area contributed by atoms with Crippen LogP contribution in [-0.4, -0.2) is 25.6 Å². The summed E-state index contributed by atoms with van der Waals surface area (Å²) >= 11 is 5.49. The fourth-order valence-electron chi connectivity index (χ4n) is 3.40. The number of carboxylic acids is 1. The third kappa shape index (κ3) is 3.54. The van der Waals surface area contributed by atoms with Gasteiger partial charge in [0.25, 0.3) is 0 Å². The van der Waals surface area contributed by atoms with Crippen LogP contribution < -0.4 is 0 Å². The number of fused-ring (bicyclic) bond motifs is 2. The number of hydrogen-bond acceptors (Lipinski definition) is 3. The van der Waals surface area contributed by atoms with Crippen molar-refractivity contribution in [1.29, 1.82) is 0 Å². The van der Waals surface area contributed by atoms with Crippen molar-refractivity contribution in [3.05, 3.63) is 82.8 Å². The van der Waals surface area contributed by atoms with Gasteiger partial charge in [0.1, 0.15) is 11.3 Å². The molecule has 5 rings (SSSR count). The Morgan fingerprint density at radius 1 is 1.03 bits per heavy atom. The molecule has 0 spiro atoms. The van der Waals surface area contributed by atoms with Crippen molar-refractivity contribution in [2.45, 2.75) is 20.3 Å². The zero-order valence-electron chi connectivity index (χ0n) is 16.5. The van der Waals surface area contributed by atoms with Crippen LogP contribution in [-0.2, 0) is 6.42 Å². The van der Waals surface area contributed by atoms with Gasteiger partial charge in [-0.15, -0.1) is 0 Å². The maximum Gasteiger partial charge on any atom is 0.354 e. The number of halogens is 1. The SMILES string of the molecule is Cc1c(Cc2ccccc2)c(C(=O)O)nc2c1nc(C)n2C#CCl.c1cc2ccc1-2. The van der Waals surface area contributed by atoms with Crippen molar-refractivity contribution in [2.75, 3.05) is 0 Å². The molecule has 3 aromatic rings. The van der Waals surface area contributed by atoms with E-state index in [1.54, 1.807) is 6.92 Å². The number of pyridine rings is 1. The molecule has 0 amide bonds. The van der Waals surface area contributed by atoms with Crippen molar-refractivity contribution in [2.24, 2.45) is 0 Å². The van der Waals surface area contributed by atoms with E-state index in [9.17, 15) is 9.90 Å². The summed E-state index contributed by atoms with van der Waals surface area (Å²) in [6, 6.07) is 20.8. The maximum absolute atomic E-state index is 11.7. The number of carboxylic acid groups (broad SMARTS) is 1. The van der Waals surface area contributed by atoms with Crippen LogP contribution in [0.2, 0.25) is 0 Å². The van der Waals surface area contributed by atoms with Crippen LogP contribution >= 0.6 is 11.6 Å². The second-order valence-electron chi connectivity index (χ2n) is 6.98. The minimum absolute atomic E-state index is 0.0152. The highest BCUT2D eigenvalue weighted by Crippen LogP contribution is 2.29. The molecule has 0 bridgehead atoms. The molecule has 2 heterocycles. The first-order chi connectivity index (χ1) is 14.5. The highest BCUT2D eigenvalue weighted by Gasteiger charge is 2.21. The van der Waals surface area contributed by atoms with Crippen LogP contribution in [0.5, 0.6) is 0 Å². The normalized spacial score (nSPS) is 10.6. The molecular formula is C24H18ClN3O2. The molecule has 0 saturated heterocycles. The zero-order chi connectivity index (χ0) is 21.3. The van der Waals surface area contributed by atoms with Gasteiger partial charge in [-0.1, -0.05) is 54.6 Å². The van der Waals surface area contributed by atoms with E-state index < -0.39 is 5.97 Å². The smallest absolute Gasteiger partial charge is 0.354 e. The summed E-state index contributed by atoms with van der Waals surface area (Å²) < 4.78 is 1.51. The van der Waals surface area contributed by atoms with Crippen molar-refractivity contribution in [3.8, 4) is 22.6 Å². The number of rotatable bonds is 3. The average Bonchev–Trinajstić information content (AvgIpc) is 3.04. The van der Waals surface area contributed by atoms with Gasteiger partial charge in [-0.3, -0.25) is 0 Å². The van der Waals surface area contributed by atoms with Crippen LogP contribution in [0.15, 0.2) is 54.6 Å². The Balaban J connectivity index is 0.000000305. The molecule has 5 nitrogen and oxygen atoms in total. The number of hydrogen-bond donors (Lipinski definition) is 1. The first-order valence-corrected chi connectivity index (χ1v) is 9.75. The molecule has 6 heteroatoms. The Morgan fingerprint density at radius 2 is 1.67 bits per heavy atom. The summed E-state index contributed by atoms with van der Waals surface area (Å²) in [4.78, 5) is 20.5. The number of aryl methyl sites for hydroxylation is 2. The molecule has 30 heavy (non-hydrogen) atoms. The van der Waals surface area contributed by atoms with Crippen LogP contribution in [0.1, 0.15) is 33.0 Å². The number of aromatic carboxylic acids is 1. The van der Waals surface area contributed by atoms with Crippen molar-refractivity contribution < 1.29 is 9.90 Å². The minimum Gasteiger partial charge on any atom is -0.477 e. The first-order valence-electron chi connectivity index (χ1n) is 9.37. The molecule has 0 unspecified atom stereocenters. The van der Waals surface area contributed by atoms with E-state index in [0.29, 0.717) is 29.0 Å². The molecule has 2 aliphatic carbocycles. The molecule has 148 valence electrons. The van der Waals surface area contributed by atoms with Crippen molar-refractivity contribution in [3.63, 3.8) is 0 Å². The van der Waals surface area contributed by atoms with E-state index in [1.165, 1.54) is 15.7 Å². The lowest BCUT2D eigenvalue weighted by Crippen LogP contribution is -2.10. The van der Waals surface area contributed by atoms with Gasteiger partial charge in [-0.05, 0) is 53.3 Å². The molecule has 0 aliphatic heterocycles. The predicted octanol–water partition coefficient (Wildman–Crippen LogP) is 5.01. The lowest BCUT2D eigenvalue weighted by Gasteiger charge is -2.10. The summed E-state index contributed by atoms with van der Waals surface area (Å²) in [7, 11) is 0. The number of carbonyl (C=O) groups is 1. The topological polar surface area (TPSA) is 68.0 Å². The van der Waals surface area contributed by atoms with Gasteiger partial charge >= 0.3 is 5.97 Å². The van der Waals surface area contributed by atoms with Crippen LogP contribution in [0.25, 0.3) is 22.3 Å². The van der Waals surface area contributed by atoms with Gasteiger partial charge in [-0.25, -0.2) is 19.3 Å². The Bertz CT molecular complexity index is 1290. The number of benzene rings is 2. The van der Waals surface area contributed by atoms with E-state index in [1.807, 2.05) is 37.3 Å². The largest absolute Gasteiger partial charge is 0.477 e. The Morgan fingerprint density at radius 3 is 2.17 bits per heavy atom. The number of imidazole rings is 1. The fourth-order valence-corrected chi connectivity index (χ4v) is 3.49. The summed E-state index contributed by atoms with van der Waals surface area (Å²) in [6.07, 6.45) is 0.477. The molecule has 0 saturated carbocycles. The third-order valence-electron chi connectivity index (χ3n) is 5.13. The van der Waals surface area contributed by atoms with Crippen LogP contribution in [0.3, 0.4) is 0 Å². The lowest BCUT2D eigenvalue weighted by molar-refractivity contribution is 0.0689. The average molecular weight is 416 g/mol. The number of aromatic nitrogens is 3. The lowest BCUT2D eigenvalue weighted by atomic mass is 9.95. The first kappa shape index (κ1) is 19.7. The second-order valence-corrected chi connectivity index (χ2v) is 7.17. The van der Waals surface area contributed by atoms with Gasteiger partial charge in [0.05, 0.1) is 0 Å². The molecule has 2 aromatic heterocycles. The highest BCUT2D eigenvalue weighted by atomic mass is 35.5. The van der Waals surface area contributed by atoms with Crippen LogP contribution in [0.4, 0.5) is 0 Å². The molecular weight excluding hydrogens is 398 g/mol. The van der Waals surface area contributed by atoms with Gasteiger partial charge in [-0.2, -0.15) is 0 Å². The monoisotopic (exact) mass is 415 g/mol. The summed E-state index contributed by atoms with van der Waals surface area (Å²) in [5.74, 6) is -0.461. The molecule has 1 N–H and O–H groups in total. The third-order valence-corrected chi connectivity index (χ3v) is 5.22. The molecule has 1 aromatic carbocycles. The van der Waals surface area contributed by atoms with Crippen molar-refractivity contribution in [1.82, 2.24) is 14.5 Å². The fraction of sp³-hybridized carbons (Fsp3) is 0.125. The van der Waals surface area contributed by atoms with E-state index in [2.05, 4.69) is 45.7 Å². The molecule has 2 aliphatic rings. The summed E-state index contributed by atoms with van der Waals surface area (Å²) in [6.45, 7) is 3.64. The summed E-state index contributed by atoms with van der Waals surface area (Å²) in [5, 5.41) is 11.9. The van der Waals surface area contributed by atoms with Gasteiger partial charge in [0.2, 0.25) is 0 Å². The predicted molar refractivity (Wildman–Crippen MR) is 118 cm³/mol. The van der Waals surface area contributed by atoms with Crippen molar-refractivity contribution >= 4 is 28.7 Å². The van der Waals surface area contributed by atoms with E-state index >= 15 is 0 Å². The Kier molecular flexibility index (Phi) is 5.26. The van der Waals surface area contributed by atoms with Crippen LogP contribution in [0, 0.1) is 25.3 Å². The zero-order valence-corrected chi connectivity index (χ0v) is 17.2. The number of nitrogens with zero attached hydrogens (tertiary/aromatic N) is 3. The molecule has 0 atom stereocenters. The minimum atomic E-state index is -1.07. The van der Waals surface area contributed by atoms with Gasteiger partial charge in [0, 0.05) is 17.8 Å². The molecule has 0 radical (unpaired) electrons. The Hall–Kier alpha value is -3.62. The van der Waals surface area contributed by atoms with Gasteiger partial charge < -0.3 is 5.11 Å². The van der Waals surface area contributed by atoms with E-state index in [4.69, 9.17) is 11.6 Å². The quantitative estimate of drug-likeness (QED) is 0.420. The second kappa shape index (κ2) is 8.02. The van der Waals surface area contributed by atoms with Gasteiger partial charge in [0.15, 0.2) is 11.3 Å². The molecule has 0 fully saturated rings. The van der Waals surface area contributed by atoms with E-state index in [0.717, 1.165) is 11.1 Å². The highest BCUT2D eigenvalue weighted by molar-refractivity contribution is 6.30. The maximum atomic E-state index is 11.7. The Labute approximate surface area is 179 Å². The van der Waals surface area contributed by atoms with E-state index in [-0.39, 0.29) is 5.69 Å². The standard InChI is InChI=1S/C18H14ClN3O2.C6H4/c1-11-14(10-13-6-4-3-5-7-13)16(18(23)24)21-17-15(11)20-12(2)22(17)9-8-19;1-2-6-4-3-5(1)6/h3-7H,10H2,1-2H3,(H,23,24);1-4H. The summed E-state index contributed by atoms with van der Waals surface area (Å²) in [5.41, 5.74) is 6.38.